The number of hydrogen-bond donors (Lipinski definition) is 1. The lowest BCUT2D eigenvalue weighted by molar-refractivity contribution is -0.132. The molecule has 1 saturated heterocycles. The lowest BCUT2D eigenvalue weighted by Crippen LogP contribution is -2.37. The molecule has 0 aromatic carbocycles. The maximum atomic E-state index is 12.9. The Hall–Kier alpha value is -0.580. The molecule has 1 aliphatic heterocycles. The van der Waals surface area contributed by atoms with E-state index in [-0.39, 0.29) is 18.3 Å². The molecule has 2 heterocycles. The van der Waals surface area contributed by atoms with E-state index in [9.17, 15) is 4.79 Å². The molecule has 21 heavy (non-hydrogen) atoms. The normalized spacial score (nSPS) is 34.2. The van der Waals surface area contributed by atoms with Crippen LogP contribution >= 0.6 is 23.7 Å². The van der Waals surface area contributed by atoms with Gasteiger partial charge in [-0.05, 0) is 60.9 Å². The number of thiophene rings is 1. The number of nitrogens with zero attached hydrogens (tertiary/aromatic N) is 1. The van der Waals surface area contributed by atoms with Gasteiger partial charge < -0.3 is 10.6 Å². The third kappa shape index (κ3) is 2.51. The molecule has 4 rings (SSSR count). The number of nitrogens with two attached hydrogens (primary N) is 1. The predicted octanol–water partition coefficient (Wildman–Crippen LogP) is 2.79. The van der Waals surface area contributed by atoms with Crippen LogP contribution in [0.2, 0.25) is 0 Å². The van der Waals surface area contributed by atoms with E-state index >= 15 is 0 Å². The van der Waals surface area contributed by atoms with Gasteiger partial charge in [-0.2, -0.15) is 0 Å². The molecule has 2 fully saturated rings. The molecule has 1 aromatic rings. The number of amides is 1. The topological polar surface area (TPSA) is 46.3 Å². The van der Waals surface area contributed by atoms with Crippen LogP contribution in [-0.2, 0) is 11.2 Å². The highest BCUT2D eigenvalue weighted by molar-refractivity contribution is 7.10. The van der Waals surface area contributed by atoms with Crippen LogP contribution in [0.4, 0.5) is 0 Å². The number of halogens is 1. The summed E-state index contributed by atoms with van der Waals surface area (Å²) in [5, 5.41) is 2.14. The Labute approximate surface area is 136 Å². The van der Waals surface area contributed by atoms with E-state index < -0.39 is 0 Å². The Morgan fingerprint density at radius 1 is 1.29 bits per heavy atom. The molecule has 0 radical (unpaired) electrons. The monoisotopic (exact) mass is 326 g/mol. The summed E-state index contributed by atoms with van der Waals surface area (Å²) in [5.74, 6) is 1.72. The van der Waals surface area contributed by atoms with Crippen molar-refractivity contribution >= 4 is 29.7 Å². The van der Waals surface area contributed by atoms with Gasteiger partial charge in [0.05, 0.1) is 5.92 Å². The van der Waals surface area contributed by atoms with Crippen LogP contribution < -0.4 is 5.73 Å². The highest BCUT2D eigenvalue weighted by Crippen LogP contribution is 2.41. The quantitative estimate of drug-likeness (QED) is 0.862. The number of hydrogen-bond acceptors (Lipinski definition) is 3. The number of carbonyl (C=O) groups is 1. The van der Waals surface area contributed by atoms with E-state index in [4.69, 9.17) is 5.73 Å². The fraction of sp³-hybridized carbons (Fsp3) is 0.688. The lowest BCUT2D eigenvalue weighted by Gasteiger charge is -2.27. The highest BCUT2D eigenvalue weighted by atomic mass is 35.5. The van der Waals surface area contributed by atoms with Gasteiger partial charge in [-0.1, -0.05) is 0 Å². The van der Waals surface area contributed by atoms with Crippen molar-refractivity contribution in [1.29, 1.82) is 0 Å². The summed E-state index contributed by atoms with van der Waals surface area (Å²) in [6, 6.07) is 2.49. The second-order valence-corrected chi connectivity index (χ2v) is 7.65. The molecule has 5 heteroatoms. The largest absolute Gasteiger partial charge is 0.342 e. The molecular formula is C16H23ClN2OS. The summed E-state index contributed by atoms with van der Waals surface area (Å²) in [5.41, 5.74) is 7.50. The average Bonchev–Trinajstić information content (AvgIpc) is 3.14. The first-order chi connectivity index (χ1) is 9.74. The molecular weight excluding hydrogens is 304 g/mol. The highest BCUT2D eigenvalue weighted by Gasteiger charge is 2.44. The SMILES string of the molecule is Cl.NC1CCC2CN(C(=O)C3CCCc4sccc43)CC12. The molecule has 1 amide bonds. The van der Waals surface area contributed by atoms with Gasteiger partial charge in [-0.3, -0.25) is 4.79 Å². The van der Waals surface area contributed by atoms with Crippen LogP contribution in [0.5, 0.6) is 0 Å². The fourth-order valence-corrected chi connectivity index (χ4v) is 5.44. The standard InChI is InChI=1S/C16H22N2OS.ClH/c17-14-5-4-10-8-18(9-13(10)14)16(19)12-2-1-3-15-11(12)6-7-20-15;/h6-7,10,12-14H,1-5,8-9,17H2;1H. The van der Waals surface area contributed by atoms with Gasteiger partial charge in [0, 0.05) is 24.0 Å². The number of likely N-dealkylation sites (tertiary alicyclic amines) is 1. The molecule has 0 bridgehead atoms. The van der Waals surface area contributed by atoms with Gasteiger partial charge in [0.25, 0.3) is 0 Å². The van der Waals surface area contributed by atoms with Crippen molar-refractivity contribution in [2.24, 2.45) is 17.6 Å². The fourth-order valence-electron chi connectivity index (χ4n) is 4.45. The Morgan fingerprint density at radius 2 is 2.14 bits per heavy atom. The van der Waals surface area contributed by atoms with Crippen LogP contribution in [-0.4, -0.2) is 29.9 Å². The van der Waals surface area contributed by atoms with E-state index in [1.54, 1.807) is 0 Å². The van der Waals surface area contributed by atoms with Gasteiger partial charge in [0.2, 0.25) is 5.91 Å². The van der Waals surface area contributed by atoms with Crippen LogP contribution in [0.25, 0.3) is 0 Å². The van der Waals surface area contributed by atoms with Crippen molar-refractivity contribution in [3.63, 3.8) is 0 Å². The van der Waals surface area contributed by atoms with Crippen LogP contribution in [0, 0.1) is 11.8 Å². The minimum atomic E-state index is 0. The third-order valence-corrected chi connectivity index (χ3v) is 6.57. The van der Waals surface area contributed by atoms with Gasteiger partial charge >= 0.3 is 0 Å². The van der Waals surface area contributed by atoms with Crippen molar-refractivity contribution in [2.75, 3.05) is 13.1 Å². The van der Waals surface area contributed by atoms with E-state index in [1.165, 1.54) is 16.9 Å². The number of carbonyl (C=O) groups excluding carboxylic acids is 1. The van der Waals surface area contributed by atoms with E-state index in [0.29, 0.717) is 23.8 Å². The van der Waals surface area contributed by atoms with E-state index in [0.717, 1.165) is 38.8 Å². The zero-order valence-corrected chi connectivity index (χ0v) is 13.8. The minimum absolute atomic E-state index is 0. The summed E-state index contributed by atoms with van der Waals surface area (Å²) >= 11 is 1.82. The maximum Gasteiger partial charge on any atom is 0.230 e. The smallest absolute Gasteiger partial charge is 0.230 e. The number of rotatable bonds is 1. The number of fused-ring (bicyclic) bond motifs is 2. The van der Waals surface area contributed by atoms with Crippen LogP contribution in [0.1, 0.15) is 42.0 Å². The summed E-state index contributed by atoms with van der Waals surface area (Å²) < 4.78 is 0. The Balaban J connectivity index is 0.00000132. The van der Waals surface area contributed by atoms with E-state index in [1.807, 2.05) is 11.3 Å². The molecule has 4 unspecified atom stereocenters. The summed E-state index contributed by atoms with van der Waals surface area (Å²) in [4.78, 5) is 16.4. The van der Waals surface area contributed by atoms with Crippen molar-refractivity contribution in [3.05, 3.63) is 21.9 Å². The molecule has 116 valence electrons. The molecule has 0 spiro atoms. The van der Waals surface area contributed by atoms with E-state index in [2.05, 4.69) is 16.3 Å². The van der Waals surface area contributed by atoms with Gasteiger partial charge in [0.1, 0.15) is 0 Å². The first-order valence-electron chi connectivity index (χ1n) is 7.84. The zero-order valence-electron chi connectivity index (χ0n) is 12.2. The maximum absolute atomic E-state index is 12.9. The van der Waals surface area contributed by atoms with Crippen LogP contribution in [0.15, 0.2) is 11.4 Å². The lowest BCUT2D eigenvalue weighted by atomic mass is 9.87. The zero-order chi connectivity index (χ0) is 13.7. The Kier molecular flexibility index (Phi) is 4.30. The molecule has 3 aliphatic rings. The number of aryl methyl sites for hydroxylation is 1. The Morgan fingerprint density at radius 3 is 2.95 bits per heavy atom. The molecule has 2 N–H and O–H groups in total. The molecule has 1 aromatic heterocycles. The summed E-state index contributed by atoms with van der Waals surface area (Å²) in [6.07, 6.45) is 5.71. The summed E-state index contributed by atoms with van der Waals surface area (Å²) in [6.45, 7) is 1.85. The van der Waals surface area contributed by atoms with Gasteiger partial charge in [-0.25, -0.2) is 0 Å². The first-order valence-corrected chi connectivity index (χ1v) is 8.72. The second-order valence-electron chi connectivity index (χ2n) is 6.65. The third-order valence-electron chi connectivity index (χ3n) is 5.57. The first kappa shape index (κ1) is 15.3. The van der Waals surface area contributed by atoms with Crippen molar-refractivity contribution in [3.8, 4) is 0 Å². The van der Waals surface area contributed by atoms with Gasteiger partial charge in [0.15, 0.2) is 0 Å². The average molecular weight is 327 g/mol. The molecule has 1 saturated carbocycles. The van der Waals surface area contributed by atoms with Crippen molar-refractivity contribution in [2.45, 2.75) is 44.1 Å². The van der Waals surface area contributed by atoms with Crippen LogP contribution in [0.3, 0.4) is 0 Å². The Bertz CT molecular complexity index is 532. The molecule has 2 aliphatic carbocycles. The minimum Gasteiger partial charge on any atom is -0.342 e. The van der Waals surface area contributed by atoms with Gasteiger partial charge in [-0.15, -0.1) is 23.7 Å². The van der Waals surface area contributed by atoms with Crippen molar-refractivity contribution in [1.82, 2.24) is 4.90 Å². The summed E-state index contributed by atoms with van der Waals surface area (Å²) in [7, 11) is 0. The molecule has 4 atom stereocenters. The molecule has 3 nitrogen and oxygen atoms in total. The predicted molar refractivity (Wildman–Crippen MR) is 88.0 cm³/mol. The van der Waals surface area contributed by atoms with Crippen molar-refractivity contribution < 1.29 is 4.79 Å². The second kappa shape index (κ2) is 5.90.